The maximum Gasteiger partial charge on any atom is 0.227 e. The number of hydrogen-bond donors (Lipinski definition) is 2. The third-order valence-corrected chi connectivity index (χ3v) is 7.49. The summed E-state index contributed by atoms with van der Waals surface area (Å²) in [5, 5.41) is 6.87. The van der Waals surface area contributed by atoms with Crippen LogP contribution < -0.4 is 15.1 Å². The zero-order valence-corrected chi connectivity index (χ0v) is 33.1. The number of nitrogens with zero attached hydrogens (tertiary/aromatic N) is 9. The van der Waals surface area contributed by atoms with Crippen LogP contribution in [0.5, 0.6) is 0 Å². The van der Waals surface area contributed by atoms with Gasteiger partial charge in [-0.25, -0.2) is 19.9 Å². The van der Waals surface area contributed by atoms with Gasteiger partial charge in [0.05, 0.1) is 54.2 Å². The van der Waals surface area contributed by atoms with Crippen LogP contribution in [0.1, 0.15) is 33.4 Å². The van der Waals surface area contributed by atoms with Crippen LogP contribution in [0, 0.1) is 12.9 Å². The van der Waals surface area contributed by atoms with E-state index in [1.807, 2.05) is 107 Å². The maximum atomic E-state index is 12.6. The smallest absolute Gasteiger partial charge is 0.227 e. The standard InChI is InChI=1S/C16H18N5.C14H12N4.C8H4ClFN2.2C2H6/c1-21(2,3)16-7-5-13-14(20-16)4-6-15(19-13)18-12-8-10-17-11-9-12;1-10-2-3-13-12(16-10)4-5-14(18-13)17-11-6-8-15-9-7-11;9-7-3-1-6-5(11-7)2-4-8(10)12-6;2*1-2/h4-11H,1-3H3,(H,17,18,19);2-9H,1H3,(H,15,17,18);1-4H;2*1-2H3/q+1;;;;. The predicted molar refractivity (Wildman–Crippen MR) is 226 cm³/mol. The first-order chi connectivity index (χ1) is 26.6. The molecule has 8 rings (SSSR count). The molecule has 11 nitrogen and oxygen atoms in total. The summed E-state index contributed by atoms with van der Waals surface area (Å²) in [4.78, 5) is 33.8. The highest BCUT2D eigenvalue weighted by atomic mass is 35.5. The minimum atomic E-state index is -0.508. The maximum absolute atomic E-state index is 12.6. The summed E-state index contributed by atoms with van der Waals surface area (Å²) < 4.78 is 13.3. The number of fused-ring (bicyclic) bond motifs is 3. The molecular formula is C42H46ClFN11+. The van der Waals surface area contributed by atoms with Crippen LogP contribution in [0.15, 0.2) is 122 Å². The van der Waals surface area contributed by atoms with Gasteiger partial charge in [-0.1, -0.05) is 39.3 Å². The quantitative estimate of drug-likeness (QED) is 0.129. The molecule has 0 bridgehead atoms. The Labute approximate surface area is 326 Å². The number of rotatable bonds is 5. The molecule has 13 heteroatoms. The van der Waals surface area contributed by atoms with Gasteiger partial charge in [0.25, 0.3) is 0 Å². The number of pyridine rings is 8. The van der Waals surface area contributed by atoms with Crippen molar-refractivity contribution in [3.05, 3.63) is 139 Å². The highest BCUT2D eigenvalue weighted by Crippen LogP contribution is 2.22. The third-order valence-electron chi connectivity index (χ3n) is 7.28. The van der Waals surface area contributed by atoms with Gasteiger partial charge in [-0.15, -0.1) is 0 Å². The second-order valence-electron chi connectivity index (χ2n) is 12.1. The predicted octanol–water partition coefficient (Wildman–Crippen LogP) is 10.5. The molecule has 55 heavy (non-hydrogen) atoms. The summed E-state index contributed by atoms with van der Waals surface area (Å²) in [6.07, 6.45) is 6.99. The van der Waals surface area contributed by atoms with Gasteiger partial charge < -0.3 is 10.6 Å². The van der Waals surface area contributed by atoms with E-state index in [4.69, 9.17) is 11.6 Å². The molecule has 0 saturated heterocycles. The van der Waals surface area contributed by atoms with Crippen molar-refractivity contribution in [2.45, 2.75) is 34.6 Å². The van der Waals surface area contributed by atoms with Gasteiger partial charge in [-0.2, -0.15) is 9.37 Å². The molecule has 0 unspecified atom stereocenters. The molecule has 0 fully saturated rings. The molecule has 0 aliphatic heterocycles. The van der Waals surface area contributed by atoms with Crippen molar-refractivity contribution in [2.24, 2.45) is 0 Å². The van der Waals surface area contributed by atoms with E-state index in [1.165, 1.54) is 6.07 Å². The fraction of sp³-hybridized carbons (Fsp3) is 0.190. The molecule has 8 aromatic rings. The van der Waals surface area contributed by atoms with Crippen molar-refractivity contribution < 1.29 is 4.39 Å². The highest BCUT2D eigenvalue weighted by Gasteiger charge is 2.14. The molecule has 0 atom stereocenters. The molecule has 8 aromatic heterocycles. The summed E-state index contributed by atoms with van der Waals surface area (Å²) in [5.41, 5.74) is 7.63. The van der Waals surface area contributed by atoms with E-state index in [-0.39, 0.29) is 0 Å². The first kappa shape index (κ1) is 41.5. The summed E-state index contributed by atoms with van der Waals surface area (Å²) in [7, 11) is 6.29. The van der Waals surface area contributed by atoms with E-state index in [1.54, 1.807) is 43.0 Å². The Bertz CT molecular complexity index is 2370. The molecule has 0 aliphatic rings. The average Bonchev–Trinajstić information content (AvgIpc) is 3.20. The van der Waals surface area contributed by atoms with Crippen molar-refractivity contribution in [3.8, 4) is 0 Å². The molecule has 8 heterocycles. The fourth-order valence-corrected chi connectivity index (χ4v) is 4.90. The molecule has 0 aliphatic carbocycles. The van der Waals surface area contributed by atoms with Gasteiger partial charge in [0, 0.05) is 47.9 Å². The molecule has 0 aromatic carbocycles. The number of quaternary nitrogens is 1. The number of nitrogens with one attached hydrogen (secondary N) is 2. The zero-order valence-electron chi connectivity index (χ0n) is 32.3. The van der Waals surface area contributed by atoms with E-state index in [9.17, 15) is 4.39 Å². The number of anilines is 4. The van der Waals surface area contributed by atoms with Crippen LogP contribution in [0.4, 0.5) is 33.2 Å². The second-order valence-corrected chi connectivity index (χ2v) is 12.5. The Morgan fingerprint density at radius 1 is 0.473 bits per heavy atom. The van der Waals surface area contributed by atoms with Crippen LogP contribution in [0.3, 0.4) is 0 Å². The Kier molecular flexibility index (Phi) is 15.3. The van der Waals surface area contributed by atoms with Crippen molar-refractivity contribution >= 4 is 73.5 Å². The monoisotopic (exact) mass is 758 g/mol. The van der Waals surface area contributed by atoms with Gasteiger partial charge in [0.15, 0.2) is 0 Å². The summed E-state index contributed by atoms with van der Waals surface area (Å²) in [6, 6.07) is 29.4. The van der Waals surface area contributed by atoms with E-state index in [0.717, 1.165) is 56.6 Å². The fourth-order valence-electron chi connectivity index (χ4n) is 4.75. The van der Waals surface area contributed by atoms with Crippen LogP contribution >= 0.6 is 11.6 Å². The summed E-state index contributed by atoms with van der Waals surface area (Å²) >= 11 is 5.63. The lowest BCUT2D eigenvalue weighted by Gasteiger charge is -2.21. The zero-order chi connectivity index (χ0) is 39.8. The summed E-state index contributed by atoms with van der Waals surface area (Å²) in [6.45, 7) is 9.97. The first-order valence-electron chi connectivity index (χ1n) is 17.9. The van der Waals surface area contributed by atoms with Crippen LogP contribution in [0.25, 0.3) is 33.1 Å². The molecule has 282 valence electrons. The van der Waals surface area contributed by atoms with Gasteiger partial charge >= 0.3 is 0 Å². The number of aromatic nitrogens is 8. The Balaban J connectivity index is 0.000000181. The third kappa shape index (κ3) is 12.4. The number of halogens is 2. The molecule has 2 N–H and O–H groups in total. The minimum Gasteiger partial charge on any atom is -0.340 e. The van der Waals surface area contributed by atoms with Crippen molar-refractivity contribution in [1.82, 2.24) is 44.4 Å². The normalized spacial score (nSPS) is 10.4. The lowest BCUT2D eigenvalue weighted by Crippen LogP contribution is -2.35. The van der Waals surface area contributed by atoms with Crippen LogP contribution in [-0.4, -0.2) is 61.0 Å². The van der Waals surface area contributed by atoms with Crippen LogP contribution in [0.2, 0.25) is 5.15 Å². The second kappa shape index (κ2) is 20.3. The van der Waals surface area contributed by atoms with Gasteiger partial charge in [0.1, 0.15) is 16.8 Å². The Hall–Kier alpha value is -6.24. The van der Waals surface area contributed by atoms with Crippen molar-refractivity contribution in [3.63, 3.8) is 0 Å². The minimum absolute atomic E-state index is 0.385. The molecule has 0 spiro atoms. The topological polar surface area (TPSA) is 127 Å². The molecule has 0 radical (unpaired) electrons. The van der Waals surface area contributed by atoms with E-state index >= 15 is 0 Å². The number of aryl methyl sites for hydroxylation is 1. The SMILES string of the molecule is CC.CC.C[N+](C)(C)c1ccc2nc(Nc3ccncc3)ccc2n1.Cc1ccc2nc(Nc3ccncc3)ccc2n1.Fc1ccc2nc(Cl)ccc2n1. The lowest BCUT2D eigenvalue weighted by molar-refractivity contribution is 0.474. The molecule has 0 amide bonds. The van der Waals surface area contributed by atoms with Gasteiger partial charge in [0.2, 0.25) is 11.8 Å². The lowest BCUT2D eigenvalue weighted by atomic mass is 10.3. The highest BCUT2D eigenvalue weighted by molar-refractivity contribution is 6.29. The van der Waals surface area contributed by atoms with Crippen molar-refractivity contribution in [2.75, 3.05) is 31.8 Å². The van der Waals surface area contributed by atoms with E-state index < -0.39 is 5.95 Å². The van der Waals surface area contributed by atoms with Gasteiger partial charge in [-0.3, -0.25) is 19.4 Å². The number of hydrogen-bond acceptors (Lipinski definition) is 10. The summed E-state index contributed by atoms with van der Waals surface area (Å²) in [5.74, 6) is 2.11. The van der Waals surface area contributed by atoms with Crippen molar-refractivity contribution in [1.29, 1.82) is 0 Å². The molecular weight excluding hydrogens is 713 g/mol. The average molecular weight is 759 g/mol. The molecule has 0 saturated carbocycles. The largest absolute Gasteiger partial charge is 0.340 e. The van der Waals surface area contributed by atoms with Gasteiger partial charge in [-0.05, 0) is 97.9 Å². The van der Waals surface area contributed by atoms with E-state index in [0.29, 0.717) is 20.7 Å². The van der Waals surface area contributed by atoms with E-state index in [2.05, 4.69) is 71.6 Å². The van der Waals surface area contributed by atoms with Crippen LogP contribution in [-0.2, 0) is 0 Å². The Morgan fingerprint density at radius 3 is 1.44 bits per heavy atom. The Morgan fingerprint density at radius 2 is 0.891 bits per heavy atom. The first-order valence-corrected chi connectivity index (χ1v) is 18.2.